The lowest BCUT2D eigenvalue weighted by atomic mass is 10.1. The molecule has 0 unspecified atom stereocenters. The first-order chi connectivity index (χ1) is 10.9. The molecule has 0 spiro atoms. The molecule has 0 aliphatic heterocycles. The predicted molar refractivity (Wildman–Crippen MR) is 91.7 cm³/mol. The fourth-order valence-electron chi connectivity index (χ4n) is 1.75. The summed E-state index contributed by atoms with van der Waals surface area (Å²) in [5, 5.41) is 11.3. The zero-order valence-electron chi connectivity index (χ0n) is 13.4. The van der Waals surface area contributed by atoms with E-state index in [0.29, 0.717) is 0 Å². The molecule has 0 aliphatic rings. The van der Waals surface area contributed by atoms with Gasteiger partial charge in [0, 0.05) is 19.3 Å². The minimum absolute atomic E-state index is 0.0822. The van der Waals surface area contributed by atoms with Crippen molar-refractivity contribution in [3.63, 3.8) is 0 Å². The fraction of sp³-hybridized carbons (Fsp3) is 0.438. The zero-order valence-corrected chi connectivity index (χ0v) is 14.2. The second-order valence-corrected chi connectivity index (χ2v) is 6.04. The summed E-state index contributed by atoms with van der Waals surface area (Å²) in [6.07, 6.45) is 0.864. The van der Waals surface area contributed by atoms with Gasteiger partial charge in [-0.2, -0.15) is 0 Å². The molecule has 2 N–H and O–H groups in total. The Bertz CT molecular complexity index is 546. The number of anilines is 1. The maximum absolute atomic E-state index is 11.8. The van der Waals surface area contributed by atoms with Crippen LogP contribution < -0.4 is 5.32 Å². The molecule has 0 saturated heterocycles. The van der Waals surface area contributed by atoms with Gasteiger partial charge in [0.1, 0.15) is 0 Å². The van der Waals surface area contributed by atoms with Crippen LogP contribution >= 0.6 is 11.8 Å². The molecule has 0 fully saturated rings. The van der Waals surface area contributed by atoms with Gasteiger partial charge >= 0.3 is 5.97 Å². The second kappa shape index (κ2) is 9.89. The molecule has 1 aromatic rings. The lowest BCUT2D eigenvalue weighted by molar-refractivity contribution is -0.137. The quantitative estimate of drug-likeness (QED) is 0.718. The Hall–Kier alpha value is -2.02. The molecule has 1 aromatic carbocycles. The number of carbonyl (C=O) groups is 3. The van der Waals surface area contributed by atoms with E-state index in [1.54, 1.807) is 7.05 Å². The number of carboxylic acids is 1. The van der Waals surface area contributed by atoms with Crippen LogP contribution in [0.4, 0.5) is 5.69 Å². The van der Waals surface area contributed by atoms with E-state index >= 15 is 0 Å². The number of benzene rings is 1. The van der Waals surface area contributed by atoms with Crippen LogP contribution in [-0.4, -0.2) is 52.9 Å². The number of nitrogens with zero attached hydrogens (tertiary/aromatic N) is 1. The Morgan fingerprint density at radius 2 is 1.83 bits per heavy atom. The highest BCUT2D eigenvalue weighted by Gasteiger charge is 2.11. The van der Waals surface area contributed by atoms with Crippen LogP contribution in [0.25, 0.3) is 0 Å². The maximum atomic E-state index is 11.8. The second-order valence-electron chi connectivity index (χ2n) is 5.05. The van der Waals surface area contributed by atoms with E-state index in [0.717, 1.165) is 12.1 Å². The SMILES string of the molecule is CCc1ccc(NC(=O)CSCC(=O)N(C)CCC(=O)O)cc1. The normalized spacial score (nSPS) is 10.2. The first-order valence-electron chi connectivity index (χ1n) is 7.34. The van der Waals surface area contributed by atoms with Gasteiger partial charge in [-0.1, -0.05) is 19.1 Å². The minimum Gasteiger partial charge on any atom is -0.481 e. The number of amides is 2. The van der Waals surface area contributed by atoms with Crippen molar-refractivity contribution < 1.29 is 19.5 Å². The number of carboxylic acid groups (broad SMARTS) is 1. The maximum Gasteiger partial charge on any atom is 0.305 e. The van der Waals surface area contributed by atoms with Gasteiger partial charge in [-0.3, -0.25) is 14.4 Å². The minimum atomic E-state index is -0.939. The molecule has 1 rings (SSSR count). The molecule has 6 nitrogen and oxygen atoms in total. The summed E-state index contributed by atoms with van der Waals surface area (Å²) in [6.45, 7) is 2.24. The highest BCUT2D eigenvalue weighted by molar-refractivity contribution is 8.00. The van der Waals surface area contributed by atoms with Gasteiger partial charge in [-0.25, -0.2) is 0 Å². The fourth-order valence-corrected chi connectivity index (χ4v) is 2.50. The standard InChI is InChI=1S/C16H22N2O4S/c1-3-12-4-6-13(7-5-12)17-14(19)10-23-11-15(20)18(2)9-8-16(21)22/h4-7H,3,8-11H2,1-2H3,(H,17,19)(H,21,22). The van der Waals surface area contributed by atoms with Gasteiger partial charge < -0.3 is 15.3 Å². The molecule has 23 heavy (non-hydrogen) atoms. The van der Waals surface area contributed by atoms with Crippen molar-refractivity contribution >= 4 is 35.2 Å². The summed E-state index contributed by atoms with van der Waals surface area (Å²) in [5.74, 6) is -0.964. The van der Waals surface area contributed by atoms with E-state index in [1.165, 1.54) is 22.2 Å². The van der Waals surface area contributed by atoms with Crippen molar-refractivity contribution in [3.05, 3.63) is 29.8 Å². The largest absolute Gasteiger partial charge is 0.481 e. The van der Waals surface area contributed by atoms with Crippen molar-refractivity contribution in [1.82, 2.24) is 4.90 Å². The summed E-state index contributed by atoms with van der Waals surface area (Å²) in [5.41, 5.74) is 1.94. The van der Waals surface area contributed by atoms with Crippen molar-refractivity contribution in [2.75, 3.05) is 30.4 Å². The molecular formula is C16H22N2O4S. The summed E-state index contributed by atoms with van der Waals surface area (Å²) in [7, 11) is 1.56. The van der Waals surface area contributed by atoms with Crippen LogP contribution in [0.5, 0.6) is 0 Å². The molecule has 0 aliphatic carbocycles. The van der Waals surface area contributed by atoms with Crippen molar-refractivity contribution in [2.24, 2.45) is 0 Å². The summed E-state index contributed by atoms with van der Waals surface area (Å²) in [6, 6.07) is 7.63. The molecule has 0 radical (unpaired) electrons. The third-order valence-electron chi connectivity index (χ3n) is 3.19. The lowest BCUT2D eigenvalue weighted by Gasteiger charge is -2.15. The highest BCUT2D eigenvalue weighted by atomic mass is 32.2. The van der Waals surface area contributed by atoms with Crippen LogP contribution in [0.3, 0.4) is 0 Å². The molecular weight excluding hydrogens is 316 g/mol. The summed E-state index contributed by atoms with van der Waals surface area (Å²) in [4.78, 5) is 35.4. The predicted octanol–water partition coefficient (Wildman–Crippen LogP) is 1.85. The number of aliphatic carboxylic acids is 1. The van der Waals surface area contributed by atoms with Gasteiger partial charge in [0.2, 0.25) is 11.8 Å². The number of carbonyl (C=O) groups excluding carboxylic acids is 2. The zero-order chi connectivity index (χ0) is 17.2. The van der Waals surface area contributed by atoms with Crippen molar-refractivity contribution in [2.45, 2.75) is 19.8 Å². The van der Waals surface area contributed by atoms with E-state index in [9.17, 15) is 14.4 Å². The number of hydrogen-bond donors (Lipinski definition) is 2. The van der Waals surface area contributed by atoms with E-state index in [4.69, 9.17) is 5.11 Å². The van der Waals surface area contributed by atoms with Crippen LogP contribution in [0.15, 0.2) is 24.3 Å². The van der Waals surface area contributed by atoms with Crippen LogP contribution in [0, 0.1) is 0 Å². The molecule has 126 valence electrons. The number of nitrogens with one attached hydrogen (secondary N) is 1. The van der Waals surface area contributed by atoms with Gasteiger partial charge in [-0.15, -0.1) is 11.8 Å². The van der Waals surface area contributed by atoms with Gasteiger partial charge in [0.05, 0.1) is 17.9 Å². The van der Waals surface area contributed by atoms with Crippen molar-refractivity contribution in [1.29, 1.82) is 0 Å². The molecule has 0 bridgehead atoms. The summed E-state index contributed by atoms with van der Waals surface area (Å²) >= 11 is 1.21. The molecule has 0 aromatic heterocycles. The number of hydrogen-bond acceptors (Lipinski definition) is 4. The molecule has 0 saturated carbocycles. The first kappa shape index (κ1) is 19.0. The highest BCUT2D eigenvalue weighted by Crippen LogP contribution is 2.11. The topological polar surface area (TPSA) is 86.7 Å². The average Bonchev–Trinajstić information content (AvgIpc) is 2.53. The number of thioether (sulfide) groups is 1. The van der Waals surface area contributed by atoms with Gasteiger partial charge in [0.15, 0.2) is 0 Å². The third kappa shape index (κ3) is 7.69. The van der Waals surface area contributed by atoms with Crippen LogP contribution in [0.1, 0.15) is 18.9 Å². The molecule has 0 heterocycles. The Labute approximate surface area is 140 Å². The van der Waals surface area contributed by atoms with Crippen LogP contribution in [0.2, 0.25) is 0 Å². The van der Waals surface area contributed by atoms with Crippen LogP contribution in [-0.2, 0) is 20.8 Å². The summed E-state index contributed by atoms with van der Waals surface area (Å²) < 4.78 is 0. The molecule has 7 heteroatoms. The van der Waals surface area contributed by atoms with E-state index in [1.807, 2.05) is 24.3 Å². The van der Waals surface area contributed by atoms with E-state index in [-0.39, 0.29) is 36.3 Å². The lowest BCUT2D eigenvalue weighted by Crippen LogP contribution is -2.30. The monoisotopic (exact) mass is 338 g/mol. The number of rotatable bonds is 9. The third-order valence-corrected chi connectivity index (χ3v) is 4.11. The Kier molecular flexibility index (Phi) is 8.18. The average molecular weight is 338 g/mol. The Morgan fingerprint density at radius 1 is 1.17 bits per heavy atom. The van der Waals surface area contributed by atoms with Gasteiger partial charge in [-0.05, 0) is 24.1 Å². The smallest absolute Gasteiger partial charge is 0.305 e. The number of aryl methyl sites for hydroxylation is 1. The van der Waals surface area contributed by atoms with Gasteiger partial charge in [0.25, 0.3) is 0 Å². The first-order valence-corrected chi connectivity index (χ1v) is 8.50. The molecule has 0 atom stereocenters. The molecule has 2 amide bonds. The Morgan fingerprint density at radius 3 is 2.39 bits per heavy atom. The Balaban J connectivity index is 2.27. The van der Waals surface area contributed by atoms with Crippen molar-refractivity contribution in [3.8, 4) is 0 Å². The van der Waals surface area contributed by atoms with E-state index in [2.05, 4.69) is 12.2 Å². The van der Waals surface area contributed by atoms with E-state index < -0.39 is 5.97 Å².